The molecule has 0 amide bonds. The van der Waals surface area contributed by atoms with Gasteiger partial charge in [-0.15, -0.1) is 5.10 Å². The summed E-state index contributed by atoms with van der Waals surface area (Å²) in [6.45, 7) is 4.50. The molecule has 0 bridgehead atoms. The van der Waals surface area contributed by atoms with Gasteiger partial charge in [-0.3, -0.25) is 4.79 Å². The van der Waals surface area contributed by atoms with Crippen molar-refractivity contribution in [3.05, 3.63) is 0 Å². The van der Waals surface area contributed by atoms with Crippen molar-refractivity contribution in [2.75, 3.05) is 29.9 Å². The van der Waals surface area contributed by atoms with Crippen LogP contribution in [0.3, 0.4) is 0 Å². The molecule has 19 heavy (non-hydrogen) atoms. The van der Waals surface area contributed by atoms with Crippen molar-refractivity contribution in [3.8, 4) is 0 Å². The summed E-state index contributed by atoms with van der Waals surface area (Å²) in [7, 11) is 0. The minimum Gasteiger partial charge on any atom is -0.481 e. The van der Waals surface area contributed by atoms with Gasteiger partial charge in [0.15, 0.2) is 0 Å². The number of aromatic nitrogens is 3. The van der Waals surface area contributed by atoms with Crippen LogP contribution in [0.4, 0.5) is 11.9 Å². The van der Waals surface area contributed by atoms with Crippen LogP contribution in [0.2, 0.25) is 0 Å². The molecule has 3 heterocycles. The van der Waals surface area contributed by atoms with Crippen LogP contribution in [0.15, 0.2) is 0 Å². The molecule has 2 aliphatic rings. The van der Waals surface area contributed by atoms with Gasteiger partial charge in [0, 0.05) is 19.6 Å². The molecule has 104 valence electrons. The number of nitrogens with zero attached hydrogens (tertiary/aromatic N) is 4. The molecule has 7 nitrogen and oxygen atoms in total. The molecule has 1 unspecified atom stereocenters. The molecule has 1 saturated heterocycles. The lowest BCUT2D eigenvalue weighted by molar-refractivity contribution is -0.142. The minimum absolute atomic E-state index is 0.217. The third kappa shape index (κ3) is 2.24. The molecule has 1 atom stereocenters. The SMILES string of the molecule is CC1CCNc2nc(N3CCC(C(=O)O)CC3)nn21. The highest BCUT2D eigenvalue weighted by Crippen LogP contribution is 2.26. The van der Waals surface area contributed by atoms with Crippen LogP contribution in [0.25, 0.3) is 0 Å². The van der Waals surface area contributed by atoms with Crippen LogP contribution in [-0.2, 0) is 4.79 Å². The molecule has 1 fully saturated rings. The van der Waals surface area contributed by atoms with E-state index in [9.17, 15) is 4.79 Å². The van der Waals surface area contributed by atoms with Gasteiger partial charge in [-0.05, 0) is 26.2 Å². The maximum Gasteiger partial charge on any atom is 0.306 e. The van der Waals surface area contributed by atoms with Crippen molar-refractivity contribution in [2.45, 2.75) is 32.2 Å². The first-order chi connectivity index (χ1) is 9.15. The monoisotopic (exact) mass is 265 g/mol. The normalized spacial score (nSPS) is 23.8. The fraction of sp³-hybridized carbons (Fsp3) is 0.750. The summed E-state index contributed by atoms with van der Waals surface area (Å²) in [6.07, 6.45) is 2.39. The van der Waals surface area contributed by atoms with Crippen molar-refractivity contribution < 1.29 is 9.90 Å². The Morgan fingerprint density at radius 3 is 2.74 bits per heavy atom. The molecule has 0 aromatic carbocycles. The van der Waals surface area contributed by atoms with Crippen LogP contribution in [-0.4, -0.2) is 45.5 Å². The zero-order valence-corrected chi connectivity index (χ0v) is 11.0. The largest absolute Gasteiger partial charge is 0.481 e. The van der Waals surface area contributed by atoms with Crippen molar-refractivity contribution in [2.24, 2.45) is 5.92 Å². The number of carboxylic acids is 1. The van der Waals surface area contributed by atoms with Crippen LogP contribution in [0.1, 0.15) is 32.2 Å². The summed E-state index contributed by atoms with van der Waals surface area (Å²) in [4.78, 5) is 17.5. The molecule has 2 N–H and O–H groups in total. The van der Waals surface area contributed by atoms with Crippen molar-refractivity contribution >= 4 is 17.9 Å². The van der Waals surface area contributed by atoms with Gasteiger partial charge in [0.2, 0.25) is 11.9 Å². The van der Waals surface area contributed by atoms with Crippen LogP contribution >= 0.6 is 0 Å². The Labute approximate surface area is 111 Å². The van der Waals surface area contributed by atoms with Gasteiger partial charge in [-0.25, -0.2) is 4.68 Å². The predicted octanol–water partition coefficient (Wildman–Crippen LogP) is 0.956. The van der Waals surface area contributed by atoms with Crippen LogP contribution < -0.4 is 10.2 Å². The number of nitrogens with one attached hydrogen (secondary N) is 1. The van der Waals surface area contributed by atoms with E-state index in [1.54, 1.807) is 0 Å². The van der Waals surface area contributed by atoms with E-state index in [0.29, 0.717) is 18.9 Å². The summed E-state index contributed by atoms with van der Waals surface area (Å²) < 4.78 is 1.93. The second-order valence-corrected chi connectivity index (χ2v) is 5.34. The number of fused-ring (bicyclic) bond motifs is 1. The minimum atomic E-state index is -0.688. The molecule has 1 aromatic rings. The Morgan fingerprint density at radius 2 is 2.11 bits per heavy atom. The predicted molar refractivity (Wildman–Crippen MR) is 70.4 cm³/mol. The first-order valence-corrected chi connectivity index (χ1v) is 6.83. The van der Waals surface area contributed by atoms with Gasteiger partial charge in [0.1, 0.15) is 0 Å². The molecule has 0 saturated carbocycles. The molecule has 2 aliphatic heterocycles. The van der Waals surface area contributed by atoms with E-state index < -0.39 is 5.97 Å². The number of carbonyl (C=O) groups is 1. The van der Waals surface area contributed by atoms with Gasteiger partial charge in [0.05, 0.1) is 12.0 Å². The highest BCUT2D eigenvalue weighted by Gasteiger charge is 2.28. The number of hydrogen-bond acceptors (Lipinski definition) is 5. The Balaban J connectivity index is 1.72. The zero-order chi connectivity index (χ0) is 13.4. The quantitative estimate of drug-likeness (QED) is 0.828. The maximum absolute atomic E-state index is 10.9. The second-order valence-electron chi connectivity index (χ2n) is 5.34. The van der Waals surface area contributed by atoms with Gasteiger partial charge in [-0.2, -0.15) is 4.98 Å². The van der Waals surface area contributed by atoms with E-state index >= 15 is 0 Å². The van der Waals surface area contributed by atoms with E-state index in [2.05, 4.69) is 27.2 Å². The fourth-order valence-corrected chi connectivity index (χ4v) is 2.72. The Bertz CT molecular complexity index is 478. The molecule has 7 heteroatoms. The Morgan fingerprint density at radius 1 is 1.37 bits per heavy atom. The third-order valence-electron chi connectivity index (χ3n) is 4.01. The molecular formula is C12H19N5O2. The first kappa shape index (κ1) is 12.3. The maximum atomic E-state index is 10.9. The van der Waals surface area contributed by atoms with Gasteiger partial charge >= 0.3 is 5.97 Å². The molecule has 1 aromatic heterocycles. The lowest BCUT2D eigenvalue weighted by Gasteiger charge is -2.28. The summed E-state index contributed by atoms with van der Waals surface area (Å²) in [5.74, 6) is 0.645. The van der Waals surface area contributed by atoms with Crippen molar-refractivity contribution in [1.82, 2.24) is 14.8 Å². The summed E-state index contributed by atoms with van der Waals surface area (Å²) in [6, 6.07) is 0.369. The number of carboxylic acid groups (broad SMARTS) is 1. The number of anilines is 2. The molecular weight excluding hydrogens is 246 g/mol. The number of hydrogen-bond donors (Lipinski definition) is 2. The third-order valence-corrected chi connectivity index (χ3v) is 4.01. The lowest BCUT2D eigenvalue weighted by Crippen LogP contribution is -2.37. The number of rotatable bonds is 2. The van der Waals surface area contributed by atoms with Gasteiger partial charge in [-0.1, -0.05) is 0 Å². The molecule has 0 aliphatic carbocycles. The molecule has 0 spiro atoms. The lowest BCUT2D eigenvalue weighted by atomic mass is 9.97. The van der Waals surface area contributed by atoms with Crippen LogP contribution in [0, 0.1) is 5.92 Å². The second kappa shape index (κ2) is 4.71. The topological polar surface area (TPSA) is 83.3 Å². The molecule has 0 radical (unpaired) electrons. The summed E-state index contributed by atoms with van der Waals surface area (Å²) in [5, 5.41) is 16.8. The smallest absolute Gasteiger partial charge is 0.306 e. The van der Waals surface area contributed by atoms with Gasteiger partial charge < -0.3 is 15.3 Å². The number of piperidine rings is 1. The Kier molecular flexibility index (Phi) is 3.04. The van der Waals surface area contributed by atoms with E-state index in [-0.39, 0.29) is 5.92 Å². The van der Waals surface area contributed by atoms with E-state index in [4.69, 9.17) is 5.11 Å². The fourth-order valence-electron chi connectivity index (χ4n) is 2.72. The Hall–Kier alpha value is -1.79. The van der Waals surface area contributed by atoms with Crippen molar-refractivity contribution in [1.29, 1.82) is 0 Å². The van der Waals surface area contributed by atoms with E-state index in [0.717, 1.165) is 38.0 Å². The first-order valence-electron chi connectivity index (χ1n) is 6.83. The summed E-state index contributed by atoms with van der Waals surface area (Å²) >= 11 is 0. The number of aliphatic carboxylic acids is 1. The van der Waals surface area contributed by atoms with Crippen LogP contribution in [0.5, 0.6) is 0 Å². The highest BCUT2D eigenvalue weighted by atomic mass is 16.4. The summed E-state index contributed by atoms with van der Waals surface area (Å²) in [5.41, 5.74) is 0. The molecule has 3 rings (SSSR count). The standard InChI is InChI=1S/C12H19N5O2/c1-8-2-5-13-11-14-12(15-17(8)11)16-6-3-9(4-7-16)10(18)19/h8-9H,2-7H2,1H3,(H,18,19)(H,13,14,15). The highest BCUT2D eigenvalue weighted by molar-refractivity contribution is 5.70. The average Bonchev–Trinajstić information content (AvgIpc) is 2.84. The van der Waals surface area contributed by atoms with Crippen molar-refractivity contribution in [3.63, 3.8) is 0 Å². The zero-order valence-electron chi connectivity index (χ0n) is 11.0. The average molecular weight is 265 g/mol. The van der Waals surface area contributed by atoms with Gasteiger partial charge in [0.25, 0.3) is 0 Å². The van der Waals surface area contributed by atoms with E-state index in [1.807, 2.05) is 4.68 Å². The van der Waals surface area contributed by atoms with E-state index in [1.165, 1.54) is 0 Å².